The van der Waals surface area contributed by atoms with Crippen molar-refractivity contribution in [3.8, 4) is 0 Å². The van der Waals surface area contributed by atoms with Crippen LogP contribution in [0.25, 0.3) is 0 Å². The average Bonchev–Trinajstić information content (AvgIpc) is 2.63. The van der Waals surface area contributed by atoms with E-state index in [1.54, 1.807) is 6.07 Å². The zero-order chi connectivity index (χ0) is 19.1. The average molecular weight is 393 g/mol. The number of sulfonamides is 1. The molecule has 0 spiro atoms. The van der Waals surface area contributed by atoms with Crippen molar-refractivity contribution in [2.45, 2.75) is 4.90 Å². The highest BCUT2D eigenvalue weighted by molar-refractivity contribution is 7.89. The predicted molar refractivity (Wildman–Crippen MR) is 91.4 cm³/mol. The van der Waals surface area contributed by atoms with Crippen molar-refractivity contribution < 1.29 is 22.9 Å². The molecule has 0 aromatic heterocycles. The molecule has 2 aromatic rings. The van der Waals surface area contributed by atoms with Crippen LogP contribution in [-0.2, 0) is 10.0 Å². The van der Waals surface area contributed by atoms with Crippen LogP contribution in [-0.4, -0.2) is 24.9 Å². The van der Waals surface area contributed by atoms with Gasteiger partial charge in [0.2, 0.25) is 11.6 Å². The first kappa shape index (κ1) is 17.8. The van der Waals surface area contributed by atoms with Crippen LogP contribution in [0.4, 0.5) is 5.69 Å². The molecule has 26 heavy (non-hydrogen) atoms. The summed E-state index contributed by atoms with van der Waals surface area (Å²) in [7, 11) is -4.18. The molecule has 10 heteroatoms. The van der Waals surface area contributed by atoms with Crippen molar-refractivity contribution in [2.75, 3.05) is 0 Å². The summed E-state index contributed by atoms with van der Waals surface area (Å²) in [6, 6.07) is 10.7. The van der Waals surface area contributed by atoms with Gasteiger partial charge in [0, 0.05) is 11.6 Å². The van der Waals surface area contributed by atoms with E-state index in [4.69, 9.17) is 11.6 Å². The number of Topliss-reactive ketones (excluding diaryl/α,β-unsaturated/α-hetero) is 2. The van der Waals surface area contributed by atoms with Crippen LogP contribution in [0.5, 0.6) is 0 Å². The number of halogens is 1. The molecule has 1 N–H and O–H groups in total. The van der Waals surface area contributed by atoms with Crippen molar-refractivity contribution in [1.82, 2.24) is 4.72 Å². The number of rotatable bonds is 4. The highest BCUT2D eigenvalue weighted by Gasteiger charge is 2.38. The molecular formula is C16H9ClN2O6S. The molecule has 1 aliphatic rings. The zero-order valence-corrected chi connectivity index (χ0v) is 14.4. The molecule has 3 rings (SSSR count). The lowest BCUT2D eigenvalue weighted by atomic mass is 9.91. The van der Waals surface area contributed by atoms with Gasteiger partial charge in [-0.1, -0.05) is 35.9 Å². The number of hydrogen-bond acceptors (Lipinski definition) is 6. The maximum absolute atomic E-state index is 12.6. The smallest absolute Gasteiger partial charge is 0.281 e. The molecule has 0 saturated heterocycles. The summed E-state index contributed by atoms with van der Waals surface area (Å²) in [6.45, 7) is 0. The molecule has 0 bridgehead atoms. The first-order valence-electron chi connectivity index (χ1n) is 7.08. The van der Waals surface area contributed by atoms with Gasteiger partial charge >= 0.3 is 0 Å². The second-order valence-corrected chi connectivity index (χ2v) is 7.28. The maximum atomic E-state index is 12.6. The zero-order valence-electron chi connectivity index (χ0n) is 12.8. The second kappa shape index (κ2) is 6.36. The van der Waals surface area contributed by atoms with Crippen molar-refractivity contribution in [3.63, 3.8) is 0 Å². The van der Waals surface area contributed by atoms with Crippen LogP contribution in [0.1, 0.15) is 20.7 Å². The Balaban J connectivity index is 2.11. The van der Waals surface area contributed by atoms with E-state index < -0.39 is 48.5 Å². The van der Waals surface area contributed by atoms with Crippen molar-refractivity contribution in [1.29, 1.82) is 0 Å². The maximum Gasteiger partial charge on any atom is 0.281 e. The molecule has 0 atom stereocenters. The van der Waals surface area contributed by atoms with E-state index in [-0.39, 0.29) is 10.5 Å². The minimum absolute atomic E-state index is 0.137. The van der Waals surface area contributed by atoms with Gasteiger partial charge in [-0.15, -0.1) is 0 Å². The van der Waals surface area contributed by atoms with E-state index in [1.165, 1.54) is 36.4 Å². The second-order valence-electron chi connectivity index (χ2n) is 5.22. The molecule has 0 saturated carbocycles. The lowest BCUT2D eigenvalue weighted by molar-refractivity contribution is -0.385. The van der Waals surface area contributed by atoms with Crippen LogP contribution in [0.2, 0.25) is 0 Å². The summed E-state index contributed by atoms with van der Waals surface area (Å²) in [6.07, 6.45) is 0. The monoisotopic (exact) mass is 392 g/mol. The lowest BCUT2D eigenvalue weighted by Crippen LogP contribution is -2.33. The summed E-state index contributed by atoms with van der Waals surface area (Å²) in [5, 5.41) is 10.4. The Hall–Kier alpha value is -3.04. The number of nitro groups is 1. The molecule has 132 valence electrons. The van der Waals surface area contributed by atoms with Gasteiger partial charge in [-0.2, -0.15) is 0 Å². The van der Waals surface area contributed by atoms with Gasteiger partial charge in [0.25, 0.3) is 15.7 Å². The van der Waals surface area contributed by atoms with E-state index >= 15 is 0 Å². The number of allylic oxidation sites excluding steroid dienone is 2. The fourth-order valence-corrected chi connectivity index (χ4v) is 3.84. The Morgan fingerprint density at radius 1 is 0.962 bits per heavy atom. The minimum atomic E-state index is -4.18. The molecule has 0 unspecified atom stereocenters. The SMILES string of the molecule is O=C1C(NS(=O)(=O)c2ccccc2)=C(Cl)C(=O)c2c1cccc2[N+](=O)[O-]. The van der Waals surface area contributed by atoms with Gasteiger partial charge in [-0.3, -0.25) is 24.4 Å². The van der Waals surface area contributed by atoms with Gasteiger partial charge in [0.15, 0.2) is 0 Å². The summed E-state index contributed by atoms with van der Waals surface area (Å²) >= 11 is 5.89. The van der Waals surface area contributed by atoms with Crippen molar-refractivity contribution in [3.05, 3.63) is 80.5 Å². The minimum Gasteiger partial charge on any atom is -0.287 e. The number of fused-ring (bicyclic) bond motifs is 1. The first-order valence-corrected chi connectivity index (χ1v) is 8.94. The first-order chi connectivity index (χ1) is 12.2. The van der Waals surface area contributed by atoms with E-state index in [2.05, 4.69) is 0 Å². The molecule has 0 fully saturated rings. The number of nitrogens with zero attached hydrogens (tertiary/aromatic N) is 1. The van der Waals surface area contributed by atoms with Gasteiger partial charge in [0.05, 0.1) is 9.82 Å². The summed E-state index contributed by atoms with van der Waals surface area (Å²) in [5.74, 6) is -1.92. The summed E-state index contributed by atoms with van der Waals surface area (Å²) in [4.78, 5) is 35.2. The third-order valence-corrected chi connectivity index (χ3v) is 5.37. The fourth-order valence-electron chi connectivity index (χ4n) is 2.46. The van der Waals surface area contributed by atoms with Crippen LogP contribution in [0.3, 0.4) is 0 Å². The van der Waals surface area contributed by atoms with Crippen molar-refractivity contribution in [2.24, 2.45) is 0 Å². The van der Waals surface area contributed by atoms with Gasteiger partial charge in [0.1, 0.15) is 16.3 Å². The summed E-state index contributed by atoms with van der Waals surface area (Å²) < 4.78 is 26.8. The Labute approximate surface area is 152 Å². The largest absolute Gasteiger partial charge is 0.287 e. The number of carbonyl (C=O) groups is 2. The highest BCUT2D eigenvalue weighted by atomic mass is 35.5. The molecular weight excluding hydrogens is 384 g/mol. The van der Waals surface area contributed by atoms with Crippen LogP contribution in [0, 0.1) is 10.1 Å². The topological polar surface area (TPSA) is 123 Å². The van der Waals surface area contributed by atoms with E-state index in [1.807, 2.05) is 4.72 Å². The standard InChI is InChI=1S/C16H9ClN2O6S/c17-13-14(18-26(24,25)9-5-2-1-3-6-9)15(20)10-7-4-8-11(19(22)23)12(10)16(13)21/h1-8,18H. The van der Waals surface area contributed by atoms with Crippen LogP contribution >= 0.6 is 11.6 Å². The molecule has 0 aliphatic heterocycles. The Morgan fingerprint density at radius 3 is 2.23 bits per heavy atom. The van der Waals surface area contributed by atoms with Crippen molar-refractivity contribution >= 4 is 38.9 Å². The third kappa shape index (κ3) is 2.87. The van der Waals surface area contributed by atoms with Gasteiger partial charge in [-0.05, 0) is 18.2 Å². The Morgan fingerprint density at radius 2 is 1.62 bits per heavy atom. The van der Waals surface area contributed by atoms with E-state index in [0.29, 0.717) is 0 Å². The van der Waals surface area contributed by atoms with Gasteiger partial charge in [-0.25, -0.2) is 8.42 Å². The van der Waals surface area contributed by atoms with E-state index in [0.717, 1.165) is 6.07 Å². The normalized spacial score (nSPS) is 14.2. The van der Waals surface area contributed by atoms with E-state index in [9.17, 15) is 28.1 Å². The molecule has 8 nitrogen and oxygen atoms in total. The van der Waals surface area contributed by atoms with Crippen LogP contribution < -0.4 is 4.72 Å². The summed E-state index contributed by atoms with van der Waals surface area (Å²) in [5.41, 5.74) is -1.98. The fraction of sp³-hybridized carbons (Fsp3) is 0. The number of nitro benzene ring substituents is 1. The Bertz CT molecular complexity index is 1090. The Kier molecular flexibility index (Phi) is 4.34. The molecule has 1 aliphatic carbocycles. The quantitative estimate of drug-likeness (QED) is 0.629. The third-order valence-electron chi connectivity index (χ3n) is 3.65. The number of benzene rings is 2. The molecule has 0 amide bonds. The number of hydrogen-bond donors (Lipinski definition) is 1. The molecule has 2 aromatic carbocycles. The lowest BCUT2D eigenvalue weighted by Gasteiger charge is -2.18. The predicted octanol–water partition coefficient (Wildman–Crippen LogP) is 2.40. The number of nitrogens with one attached hydrogen (secondary N) is 1. The molecule has 0 radical (unpaired) electrons. The number of carbonyl (C=O) groups excluding carboxylic acids is 2. The molecule has 0 heterocycles. The number of ketones is 2. The van der Waals surface area contributed by atoms with Gasteiger partial charge < -0.3 is 0 Å². The highest BCUT2D eigenvalue weighted by Crippen LogP contribution is 2.33. The van der Waals surface area contributed by atoms with Crippen LogP contribution in [0.15, 0.2) is 64.2 Å².